The number of carbonyl (C=O) groups excluding carboxylic acids is 1. The van der Waals surface area contributed by atoms with Gasteiger partial charge in [0.1, 0.15) is 6.04 Å². The van der Waals surface area contributed by atoms with Crippen molar-refractivity contribution >= 4 is 21.6 Å². The number of primary amides is 1. The zero-order chi connectivity index (χ0) is 18.2. The quantitative estimate of drug-likeness (QED) is 0.647. The average Bonchev–Trinajstić information content (AvgIpc) is 2.60. The molecule has 1 aliphatic heterocycles. The molecule has 130 valence electrons. The van der Waals surface area contributed by atoms with Crippen molar-refractivity contribution in [2.24, 2.45) is 5.73 Å². The highest BCUT2D eigenvalue weighted by molar-refractivity contribution is 7.89. The third-order valence-corrected chi connectivity index (χ3v) is 6.08. The Morgan fingerprint density at radius 1 is 1.12 bits per heavy atom. The van der Waals surface area contributed by atoms with Crippen LogP contribution in [0.5, 0.6) is 0 Å². The molecule has 1 heterocycles. The number of nitrogens with two attached hydrogens (primary N) is 1. The lowest BCUT2D eigenvalue weighted by molar-refractivity contribution is -0.387. The molecule has 2 N–H and O–H groups in total. The van der Waals surface area contributed by atoms with Gasteiger partial charge in [-0.05, 0) is 23.6 Å². The maximum atomic E-state index is 13.1. The number of nitro benzene ring substituents is 1. The second-order valence-electron chi connectivity index (χ2n) is 5.67. The molecule has 2 aromatic carbocycles. The second-order valence-corrected chi connectivity index (χ2v) is 7.53. The van der Waals surface area contributed by atoms with Crippen LogP contribution in [0.1, 0.15) is 11.1 Å². The molecule has 1 amide bonds. The average molecular weight is 361 g/mol. The van der Waals surface area contributed by atoms with Gasteiger partial charge >= 0.3 is 0 Å². The molecule has 0 radical (unpaired) electrons. The zero-order valence-corrected chi connectivity index (χ0v) is 13.8. The van der Waals surface area contributed by atoms with Crippen LogP contribution in [0.2, 0.25) is 0 Å². The predicted octanol–water partition coefficient (Wildman–Crippen LogP) is 1.20. The maximum Gasteiger partial charge on any atom is 0.289 e. The largest absolute Gasteiger partial charge is 0.368 e. The van der Waals surface area contributed by atoms with Crippen molar-refractivity contribution in [3.8, 4) is 0 Å². The van der Waals surface area contributed by atoms with Gasteiger partial charge < -0.3 is 5.73 Å². The van der Waals surface area contributed by atoms with Gasteiger partial charge in [-0.25, -0.2) is 8.42 Å². The van der Waals surface area contributed by atoms with E-state index in [1.807, 2.05) is 0 Å². The van der Waals surface area contributed by atoms with Gasteiger partial charge in [0.05, 0.1) is 4.92 Å². The Balaban J connectivity index is 2.13. The summed E-state index contributed by atoms with van der Waals surface area (Å²) in [4.78, 5) is 21.8. The molecule has 9 heteroatoms. The van der Waals surface area contributed by atoms with Crippen LogP contribution in [0.15, 0.2) is 53.4 Å². The summed E-state index contributed by atoms with van der Waals surface area (Å²) in [6, 6.07) is 11.1. The summed E-state index contributed by atoms with van der Waals surface area (Å²) in [7, 11) is -4.28. The number of fused-ring (bicyclic) bond motifs is 1. The fourth-order valence-electron chi connectivity index (χ4n) is 2.95. The molecule has 8 nitrogen and oxygen atoms in total. The van der Waals surface area contributed by atoms with Gasteiger partial charge in [0.2, 0.25) is 5.91 Å². The highest BCUT2D eigenvalue weighted by atomic mass is 32.2. The maximum absolute atomic E-state index is 13.1. The third-order valence-electron chi connectivity index (χ3n) is 4.18. The number of amides is 1. The van der Waals surface area contributed by atoms with Gasteiger partial charge in [0.15, 0.2) is 4.90 Å². The van der Waals surface area contributed by atoms with E-state index in [-0.39, 0.29) is 13.0 Å². The lowest BCUT2D eigenvalue weighted by Gasteiger charge is -2.33. The molecule has 0 saturated heterocycles. The van der Waals surface area contributed by atoms with E-state index in [0.29, 0.717) is 0 Å². The molecule has 0 aromatic heterocycles. The van der Waals surface area contributed by atoms with Gasteiger partial charge in [-0.1, -0.05) is 36.4 Å². The van der Waals surface area contributed by atoms with Gasteiger partial charge in [-0.3, -0.25) is 14.9 Å². The van der Waals surface area contributed by atoms with E-state index in [1.54, 1.807) is 24.3 Å². The minimum absolute atomic E-state index is 0.0713. The standard InChI is InChI=1S/C16H15N3O5S/c17-16(20)14-9-11-5-1-2-6-12(11)10-18(14)25(23,24)15-8-4-3-7-13(15)19(21)22/h1-8,14H,9-10H2,(H2,17,20)/t14-/m0/s1. The van der Waals surface area contributed by atoms with Crippen LogP contribution >= 0.6 is 0 Å². The van der Waals surface area contributed by atoms with Crippen molar-refractivity contribution in [1.82, 2.24) is 4.31 Å². The Bertz CT molecular complexity index is 958. The minimum Gasteiger partial charge on any atom is -0.368 e. The molecule has 0 spiro atoms. The van der Waals surface area contributed by atoms with Crippen LogP contribution in [0.4, 0.5) is 5.69 Å². The fourth-order valence-corrected chi connectivity index (χ4v) is 4.68. The Hall–Kier alpha value is -2.78. The summed E-state index contributed by atoms with van der Waals surface area (Å²) in [6.45, 7) is -0.0713. The van der Waals surface area contributed by atoms with Gasteiger partial charge in [0.25, 0.3) is 15.7 Å². The smallest absolute Gasteiger partial charge is 0.289 e. The first-order chi connectivity index (χ1) is 11.8. The number of nitrogens with zero attached hydrogens (tertiary/aromatic N) is 2. The molecular formula is C16H15N3O5S. The number of hydrogen-bond acceptors (Lipinski definition) is 5. The molecule has 0 bridgehead atoms. The zero-order valence-electron chi connectivity index (χ0n) is 13.0. The number of hydrogen-bond donors (Lipinski definition) is 1. The van der Waals surface area contributed by atoms with Crippen molar-refractivity contribution in [3.05, 3.63) is 69.8 Å². The first kappa shape index (κ1) is 17.1. The molecule has 0 unspecified atom stereocenters. The van der Waals surface area contributed by atoms with E-state index in [2.05, 4.69) is 0 Å². The monoisotopic (exact) mass is 361 g/mol. The van der Waals surface area contributed by atoms with Crippen molar-refractivity contribution in [2.75, 3.05) is 0 Å². The molecule has 25 heavy (non-hydrogen) atoms. The molecule has 3 rings (SSSR count). The van der Waals surface area contributed by atoms with E-state index in [0.717, 1.165) is 27.6 Å². The molecular weight excluding hydrogens is 346 g/mol. The molecule has 2 aromatic rings. The Morgan fingerprint density at radius 3 is 2.36 bits per heavy atom. The highest BCUT2D eigenvalue weighted by Crippen LogP contribution is 2.32. The number of para-hydroxylation sites is 1. The van der Waals surface area contributed by atoms with Crippen molar-refractivity contribution < 1.29 is 18.1 Å². The molecule has 0 fully saturated rings. The molecule has 1 atom stereocenters. The lowest BCUT2D eigenvalue weighted by Crippen LogP contribution is -2.51. The first-order valence-electron chi connectivity index (χ1n) is 7.43. The van der Waals surface area contributed by atoms with Crippen molar-refractivity contribution in [1.29, 1.82) is 0 Å². The Morgan fingerprint density at radius 2 is 1.72 bits per heavy atom. The third kappa shape index (κ3) is 2.99. The van der Waals surface area contributed by atoms with Crippen LogP contribution < -0.4 is 5.73 Å². The van der Waals surface area contributed by atoms with E-state index in [1.165, 1.54) is 12.1 Å². The van der Waals surface area contributed by atoms with Gasteiger partial charge in [0, 0.05) is 12.6 Å². The van der Waals surface area contributed by atoms with Crippen molar-refractivity contribution in [3.63, 3.8) is 0 Å². The van der Waals surface area contributed by atoms with Crippen LogP contribution in [0.3, 0.4) is 0 Å². The SMILES string of the molecule is NC(=O)[C@@H]1Cc2ccccc2CN1S(=O)(=O)c1ccccc1[N+](=O)[O-]. The number of benzene rings is 2. The number of sulfonamides is 1. The topological polar surface area (TPSA) is 124 Å². The summed E-state index contributed by atoms with van der Waals surface area (Å²) in [5, 5.41) is 11.2. The number of rotatable bonds is 4. The summed E-state index contributed by atoms with van der Waals surface area (Å²) >= 11 is 0. The summed E-state index contributed by atoms with van der Waals surface area (Å²) in [6.07, 6.45) is 0.130. The lowest BCUT2D eigenvalue weighted by atomic mass is 9.96. The Labute approximate surface area is 144 Å². The summed E-state index contributed by atoms with van der Waals surface area (Å²) in [5.74, 6) is -0.795. The van der Waals surface area contributed by atoms with Crippen LogP contribution in [-0.2, 0) is 27.8 Å². The summed E-state index contributed by atoms with van der Waals surface area (Å²) < 4.78 is 27.0. The van der Waals surface area contributed by atoms with Crippen molar-refractivity contribution in [2.45, 2.75) is 23.9 Å². The second kappa shape index (κ2) is 6.26. The van der Waals surface area contributed by atoms with Crippen LogP contribution in [0.25, 0.3) is 0 Å². The minimum atomic E-state index is -4.28. The van der Waals surface area contributed by atoms with E-state index < -0.39 is 37.5 Å². The Kier molecular flexibility index (Phi) is 4.27. The molecule has 0 saturated carbocycles. The molecule has 0 aliphatic carbocycles. The van der Waals surface area contributed by atoms with E-state index in [4.69, 9.17) is 5.73 Å². The van der Waals surface area contributed by atoms with Gasteiger partial charge in [-0.2, -0.15) is 4.31 Å². The number of carbonyl (C=O) groups is 1. The van der Waals surface area contributed by atoms with Crippen LogP contribution in [0, 0.1) is 10.1 Å². The van der Waals surface area contributed by atoms with E-state index in [9.17, 15) is 23.3 Å². The number of nitro groups is 1. The van der Waals surface area contributed by atoms with Gasteiger partial charge in [-0.15, -0.1) is 0 Å². The van der Waals surface area contributed by atoms with Crippen LogP contribution in [-0.4, -0.2) is 29.6 Å². The normalized spacial score (nSPS) is 17.7. The first-order valence-corrected chi connectivity index (χ1v) is 8.87. The fraction of sp³-hybridized carbons (Fsp3) is 0.188. The molecule has 1 aliphatic rings. The summed E-state index contributed by atoms with van der Waals surface area (Å²) in [5.41, 5.74) is 6.44. The highest BCUT2D eigenvalue weighted by Gasteiger charge is 2.41. The predicted molar refractivity (Wildman–Crippen MR) is 89.0 cm³/mol. The van der Waals surface area contributed by atoms with E-state index >= 15 is 0 Å².